The molecular formula is C13H17NO3. The van der Waals surface area contributed by atoms with E-state index in [9.17, 15) is 9.90 Å². The van der Waals surface area contributed by atoms with Crippen LogP contribution in [0.5, 0.6) is 5.75 Å². The fourth-order valence-electron chi connectivity index (χ4n) is 2.08. The molecule has 2 rings (SSSR count). The molecule has 1 N–H and O–H groups in total. The van der Waals surface area contributed by atoms with Crippen LogP contribution in [0.2, 0.25) is 0 Å². The van der Waals surface area contributed by atoms with Crippen LogP contribution in [0, 0.1) is 0 Å². The van der Waals surface area contributed by atoms with Crippen LogP contribution in [0.25, 0.3) is 0 Å². The van der Waals surface area contributed by atoms with Gasteiger partial charge in [0, 0.05) is 19.2 Å². The van der Waals surface area contributed by atoms with Crippen molar-refractivity contribution in [1.29, 1.82) is 0 Å². The average molecular weight is 235 g/mol. The van der Waals surface area contributed by atoms with E-state index in [4.69, 9.17) is 4.74 Å². The quantitative estimate of drug-likeness (QED) is 0.870. The number of hydrogen-bond acceptors (Lipinski definition) is 3. The van der Waals surface area contributed by atoms with Gasteiger partial charge in [0.2, 0.25) is 0 Å². The third-order valence-corrected chi connectivity index (χ3v) is 3.44. The zero-order valence-corrected chi connectivity index (χ0v) is 10.1. The zero-order valence-electron chi connectivity index (χ0n) is 10.1. The maximum atomic E-state index is 11.2. The predicted molar refractivity (Wildman–Crippen MR) is 66.0 cm³/mol. The number of ether oxygens (including phenoxy) is 1. The van der Waals surface area contributed by atoms with Gasteiger partial charge in [-0.05, 0) is 31.4 Å². The number of benzene rings is 1. The molecule has 0 spiro atoms. The largest absolute Gasteiger partial charge is 0.497 e. The molecule has 0 amide bonds. The summed E-state index contributed by atoms with van der Waals surface area (Å²) in [6.45, 7) is 0. The highest BCUT2D eigenvalue weighted by atomic mass is 16.5. The van der Waals surface area contributed by atoms with Crippen LogP contribution in [-0.4, -0.2) is 31.3 Å². The molecule has 0 aromatic heterocycles. The molecule has 0 unspecified atom stereocenters. The van der Waals surface area contributed by atoms with E-state index in [0.29, 0.717) is 17.4 Å². The normalized spacial score (nSPS) is 15.2. The molecule has 1 aliphatic carbocycles. The number of rotatable bonds is 4. The van der Waals surface area contributed by atoms with E-state index >= 15 is 0 Å². The van der Waals surface area contributed by atoms with Crippen molar-refractivity contribution in [1.82, 2.24) is 0 Å². The number of anilines is 1. The van der Waals surface area contributed by atoms with E-state index in [0.717, 1.165) is 18.5 Å². The lowest BCUT2D eigenvalue weighted by atomic mass is 9.91. The van der Waals surface area contributed by atoms with Gasteiger partial charge in [-0.3, -0.25) is 0 Å². The summed E-state index contributed by atoms with van der Waals surface area (Å²) >= 11 is 0. The van der Waals surface area contributed by atoms with Gasteiger partial charge in [-0.15, -0.1) is 0 Å². The molecule has 1 aromatic carbocycles. The lowest BCUT2D eigenvalue weighted by molar-refractivity contribution is 0.0697. The second kappa shape index (κ2) is 4.65. The first kappa shape index (κ1) is 11.8. The van der Waals surface area contributed by atoms with Gasteiger partial charge in [-0.25, -0.2) is 4.79 Å². The molecular weight excluding hydrogens is 218 g/mol. The number of nitrogens with zero attached hydrogens (tertiary/aromatic N) is 1. The highest BCUT2D eigenvalue weighted by molar-refractivity contribution is 5.94. The fourth-order valence-corrected chi connectivity index (χ4v) is 2.08. The first-order valence-electron chi connectivity index (χ1n) is 5.77. The Kier molecular flexibility index (Phi) is 3.22. The van der Waals surface area contributed by atoms with E-state index < -0.39 is 5.97 Å². The number of carboxylic acids is 1. The van der Waals surface area contributed by atoms with Gasteiger partial charge in [0.15, 0.2) is 0 Å². The molecule has 17 heavy (non-hydrogen) atoms. The summed E-state index contributed by atoms with van der Waals surface area (Å²) in [4.78, 5) is 13.2. The number of aromatic carboxylic acids is 1. The minimum absolute atomic E-state index is 0.334. The Balaban J connectivity index is 2.36. The van der Waals surface area contributed by atoms with E-state index in [1.165, 1.54) is 6.42 Å². The second-order valence-electron chi connectivity index (χ2n) is 4.38. The summed E-state index contributed by atoms with van der Waals surface area (Å²) in [5.74, 6) is -0.204. The van der Waals surface area contributed by atoms with Gasteiger partial charge in [0.05, 0.1) is 18.4 Å². The van der Waals surface area contributed by atoms with Crippen molar-refractivity contribution < 1.29 is 14.6 Å². The Morgan fingerprint density at radius 1 is 1.47 bits per heavy atom. The molecule has 1 fully saturated rings. The first-order chi connectivity index (χ1) is 8.13. The van der Waals surface area contributed by atoms with Crippen molar-refractivity contribution in [3.05, 3.63) is 23.8 Å². The molecule has 4 heteroatoms. The van der Waals surface area contributed by atoms with Crippen molar-refractivity contribution in [3.63, 3.8) is 0 Å². The van der Waals surface area contributed by atoms with Gasteiger partial charge in [-0.2, -0.15) is 0 Å². The predicted octanol–water partition coefficient (Wildman–Crippen LogP) is 2.38. The number of methoxy groups -OCH3 is 1. The molecule has 4 nitrogen and oxygen atoms in total. The molecule has 0 saturated heterocycles. The minimum atomic E-state index is -0.895. The van der Waals surface area contributed by atoms with Crippen LogP contribution in [0.15, 0.2) is 18.2 Å². The Morgan fingerprint density at radius 2 is 2.18 bits per heavy atom. The van der Waals surface area contributed by atoms with Crippen LogP contribution in [-0.2, 0) is 0 Å². The van der Waals surface area contributed by atoms with E-state index in [-0.39, 0.29) is 0 Å². The topological polar surface area (TPSA) is 49.8 Å². The minimum Gasteiger partial charge on any atom is -0.497 e. The molecule has 1 aromatic rings. The number of carboxylic acid groups (broad SMARTS) is 1. The van der Waals surface area contributed by atoms with E-state index in [1.54, 1.807) is 25.3 Å². The molecule has 0 aliphatic heterocycles. The molecule has 0 bridgehead atoms. The standard InChI is InChI=1S/C13H17NO3/c1-14(9-4-3-5-9)12-8-10(17-2)6-7-11(12)13(15)16/h6-9H,3-5H2,1-2H3,(H,15,16). The van der Waals surface area contributed by atoms with E-state index in [1.807, 2.05) is 7.05 Å². The lowest BCUT2D eigenvalue weighted by Crippen LogP contribution is -2.37. The summed E-state index contributed by atoms with van der Waals surface area (Å²) < 4.78 is 5.15. The van der Waals surface area contributed by atoms with Crippen molar-refractivity contribution in [2.24, 2.45) is 0 Å². The van der Waals surface area contributed by atoms with Crippen LogP contribution in [0.4, 0.5) is 5.69 Å². The SMILES string of the molecule is COc1ccc(C(=O)O)c(N(C)C2CCC2)c1. The molecule has 1 aliphatic rings. The smallest absolute Gasteiger partial charge is 0.337 e. The maximum Gasteiger partial charge on any atom is 0.337 e. The Labute approximate surface area is 101 Å². The zero-order chi connectivity index (χ0) is 12.4. The monoisotopic (exact) mass is 235 g/mol. The summed E-state index contributed by atoms with van der Waals surface area (Å²) in [5.41, 5.74) is 1.07. The fraction of sp³-hybridized carbons (Fsp3) is 0.462. The van der Waals surface area contributed by atoms with Crippen molar-refractivity contribution in [2.75, 3.05) is 19.1 Å². The summed E-state index contributed by atoms with van der Waals surface area (Å²) in [7, 11) is 3.54. The van der Waals surface area contributed by atoms with Crippen LogP contribution < -0.4 is 9.64 Å². The Hall–Kier alpha value is -1.71. The summed E-state index contributed by atoms with van der Waals surface area (Å²) in [6.07, 6.45) is 3.49. The van der Waals surface area contributed by atoms with Crippen LogP contribution in [0.3, 0.4) is 0 Å². The highest BCUT2D eigenvalue weighted by Gasteiger charge is 2.25. The first-order valence-corrected chi connectivity index (χ1v) is 5.77. The molecule has 0 heterocycles. The highest BCUT2D eigenvalue weighted by Crippen LogP contribution is 2.32. The molecule has 92 valence electrons. The van der Waals surface area contributed by atoms with Gasteiger partial charge < -0.3 is 14.7 Å². The Bertz CT molecular complexity index is 427. The van der Waals surface area contributed by atoms with Gasteiger partial charge in [-0.1, -0.05) is 0 Å². The Morgan fingerprint density at radius 3 is 2.65 bits per heavy atom. The number of carbonyl (C=O) groups is 1. The summed E-state index contributed by atoms with van der Waals surface area (Å²) in [6, 6.07) is 5.54. The van der Waals surface area contributed by atoms with Crippen LogP contribution >= 0.6 is 0 Å². The molecule has 0 radical (unpaired) electrons. The molecule has 0 atom stereocenters. The van der Waals surface area contributed by atoms with Crippen molar-refractivity contribution in [3.8, 4) is 5.75 Å². The van der Waals surface area contributed by atoms with Crippen molar-refractivity contribution >= 4 is 11.7 Å². The average Bonchev–Trinajstić information content (AvgIpc) is 2.25. The van der Waals surface area contributed by atoms with Gasteiger partial charge in [0.1, 0.15) is 5.75 Å². The molecule has 1 saturated carbocycles. The summed E-state index contributed by atoms with van der Waals surface area (Å²) in [5, 5.41) is 9.18. The second-order valence-corrected chi connectivity index (χ2v) is 4.38. The number of hydrogen-bond donors (Lipinski definition) is 1. The van der Waals surface area contributed by atoms with Gasteiger partial charge >= 0.3 is 5.97 Å². The van der Waals surface area contributed by atoms with Crippen molar-refractivity contribution in [2.45, 2.75) is 25.3 Å². The van der Waals surface area contributed by atoms with Gasteiger partial charge in [0.25, 0.3) is 0 Å². The maximum absolute atomic E-state index is 11.2. The lowest BCUT2D eigenvalue weighted by Gasteiger charge is -2.37. The third-order valence-electron chi connectivity index (χ3n) is 3.44. The third kappa shape index (κ3) is 2.20. The van der Waals surface area contributed by atoms with E-state index in [2.05, 4.69) is 4.90 Å². The van der Waals surface area contributed by atoms with Crippen LogP contribution in [0.1, 0.15) is 29.6 Å².